The van der Waals surface area contributed by atoms with Crippen LogP contribution in [0.4, 0.5) is 0 Å². The first kappa shape index (κ1) is 38.9. The summed E-state index contributed by atoms with van der Waals surface area (Å²) >= 11 is 0. The van der Waals surface area contributed by atoms with Crippen molar-refractivity contribution >= 4 is 23.9 Å². The Balaban J connectivity index is 0.00000600. The molecule has 262 valence electrons. The Hall–Kier alpha value is -2.54. The summed E-state index contributed by atoms with van der Waals surface area (Å²) in [6.07, 6.45) is 18.1. The van der Waals surface area contributed by atoms with Crippen molar-refractivity contribution in [3.8, 4) is 11.5 Å². The third-order valence-corrected chi connectivity index (χ3v) is 9.94. The van der Waals surface area contributed by atoms with Gasteiger partial charge in [0, 0.05) is 13.2 Å². The number of carboxylic acid groups (broad SMARTS) is 1. The molecule has 6 nitrogen and oxygen atoms in total. The lowest BCUT2D eigenvalue weighted by Gasteiger charge is -2.32. The van der Waals surface area contributed by atoms with Crippen LogP contribution in [0.2, 0.25) is 0 Å². The standard InChI is InChI=1S/C40H59NO5.ClH/c1-4-5-6-7-8-9-10-11-12-13-14-18-25-46-39(40(42)43)38-34(27-33-28-36(44-2)37(45-3)29-35(33)38)26-31-21-23-41(24-22-31)30-32-19-16-15-17-20-32;/h15-17,19-20,28-29,31,39H,4-14,18,21-27,30H2,1-3H3,(H,42,43);1H. The molecule has 1 aliphatic heterocycles. The van der Waals surface area contributed by atoms with Crippen LogP contribution in [0.1, 0.15) is 120 Å². The predicted octanol–water partition coefficient (Wildman–Crippen LogP) is 9.91. The van der Waals surface area contributed by atoms with Gasteiger partial charge in [-0.15, -0.1) is 12.4 Å². The Morgan fingerprint density at radius 2 is 1.43 bits per heavy atom. The molecule has 0 spiro atoms. The Kier molecular flexibility index (Phi) is 17.7. The molecule has 1 fully saturated rings. The third kappa shape index (κ3) is 12.1. The molecule has 1 unspecified atom stereocenters. The van der Waals surface area contributed by atoms with Gasteiger partial charge >= 0.3 is 5.97 Å². The Bertz CT molecular complexity index is 1220. The molecule has 47 heavy (non-hydrogen) atoms. The van der Waals surface area contributed by atoms with E-state index in [9.17, 15) is 9.90 Å². The van der Waals surface area contributed by atoms with Gasteiger partial charge in [0.05, 0.1) is 14.2 Å². The predicted molar refractivity (Wildman–Crippen MR) is 195 cm³/mol. The summed E-state index contributed by atoms with van der Waals surface area (Å²) in [4.78, 5) is 15.3. The number of methoxy groups -OCH3 is 2. The number of nitrogens with zero attached hydrogens (tertiary/aromatic N) is 1. The molecule has 0 amide bonds. The maximum atomic E-state index is 12.8. The summed E-state index contributed by atoms with van der Waals surface area (Å²) in [5.74, 6) is 0.923. The molecule has 1 heterocycles. The van der Waals surface area contributed by atoms with E-state index in [0.717, 1.165) is 74.9 Å². The zero-order chi connectivity index (χ0) is 32.6. The second kappa shape index (κ2) is 21.4. The van der Waals surface area contributed by atoms with E-state index < -0.39 is 12.1 Å². The van der Waals surface area contributed by atoms with Crippen molar-refractivity contribution in [1.29, 1.82) is 0 Å². The van der Waals surface area contributed by atoms with Crippen molar-refractivity contribution in [3.05, 3.63) is 64.7 Å². The van der Waals surface area contributed by atoms with Crippen LogP contribution in [0.3, 0.4) is 0 Å². The molecule has 2 aromatic rings. The number of benzene rings is 2. The van der Waals surface area contributed by atoms with Crippen LogP contribution >= 0.6 is 12.4 Å². The molecule has 0 saturated carbocycles. The number of ether oxygens (including phenoxy) is 3. The highest BCUT2D eigenvalue weighted by Gasteiger charge is 2.35. The minimum Gasteiger partial charge on any atom is -0.493 e. The summed E-state index contributed by atoms with van der Waals surface area (Å²) in [5, 5.41) is 10.5. The number of piperidine rings is 1. The number of rotatable bonds is 22. The average Bonchev–Trinajstić information content (AvgIpc) is 3.41. The van der Waals surface area contributed by atoms with Crippen LogP contribution in [0.15, 0.2) is 48.0 Å². The van der Waals surface area contributed by atoms with Crippen LogP contribution in [0.5, 0.6) is 11.5 Å². The smallest absolute Gasteiger partial charge is 0.337 e. The van der Waals surface area contributed by atoms with Gasteiger partial charge in [0.25, 0.3) is 0 Å². The van der Waals surface area contributed by atoms with E-state index in [-0.39, 0.29) is 12.4 Å². The van der Waals surface area contributed by atoms with Gasteiger partial charge in [-0.3, -0.25) is 4.90 Å². The maximum Gasteiger partial charge on any atom is 0.337 e. The molecule has 2 aliphatic rings. The lowest BCUT2D eigenvalue weighted by molar-refractivity contribution is -0.146. The second-order valence-electron chi connectivity index (χ2n) is 13.4. The maximum absolute atomic E-state index is 12.8. The molecular formula is C40H60ClNO5. The van der Waals surface area contributed by atoms with Gasteiger partial charge < -0.3 is 19.3 Å². The SMILES string of the molecule is CCCCCCCCCCCCCCOC(C(=O)O)C1=C(CC2CCN(Cc3ccccc3)CC2)Cc2cc(OC)c(OC)cc21.Cl. The fraction of sp³-hybridized carbons (Fsp3) is 0.625. The van der Waals surface area contributed by atoms with E-state index in [2.05, 4.69) is 42.2 Å². The number of fused-ring (bicyclic) bond motifs is 1. The van der Waals surface area contributed by atoms with Crippen molar-refractivity contribution in [2.24, 2.45) is 5.92 Å². The Morgan fingerprint density at radius 1 is 0.851 bits per heavy atom. The lowest BCUT2D eigenvalue weighted by Crippen LogP contribution is -2.33. The zero-order valence-corrected chi connectivity index (χ0v) is 30.1. The highest BCUT2D eigenvalue weighted by molar-refractivity contribution is 5.94. The number of hydrogen-bond donors (Lipinski definition) is 1. The first-order valence-electron chi connectivity index (χ1n) is 18.1. The summed E-state index contributed by atoms with van der Waals surface area (Å²) in [6, 6.07) is 14.7. The molecule has 1 aliphatic carbocycles. The molecule has 1 atom stereocenters. The number of aliphatic carboxylic acids is 1. The van der Waals surface area contributed by atoms with Gasteiger partial charge in [-0.2, -0.15) is 0 Å². The first-order chi connectivity index (χ1) is 22.5. The zero-order valence-electron chi connectivity index (χ0n) is 29.3. The minimum absolute atomic E-state index is 0. The van der Waals surface area contributed by atoms with Crippen LogP contribution in [0.25, 0.3) is 5.57 Å². The minimum atomic E-state index is -0.972. The van der Waals surface area contributed by atoms with Crippen molar-refractivity contribution in [1.82, 2.24) is 4.90 Å². The highest BCUT2D eigenvalue weighted by Crippen LogP contribution is 2.44. The molecule has 1 saturated heterocycles. The first-order valence-corrected chi connectivity index (χ1v) is 18.1. The van der Waals surface area contributed by atoms with Gasteiger partial charge in [-0.25, -0.2) is 4.79 Å². The summed E-state index contributed by atoms with van der Waals surface area (Å²) in [5.41, 5.74) is 5.44. The van der Waals surface area contributed by atoms with Crippen molar-refractivity contribution in [3.63, 3.8) is 0 Å². The number of likely N-dealkylation sites (tertiary alicyclic amines) is 1. The molecule has 0 bridgehead atoms. The highest BCUT2D eigenvalue weighted by atomic mass is 35.5. The number of carboxylic acids is 1. The van der Waals surface area contributed by atoms with Crippen LogP contribution in [-0.4, -0.2) is 56.0 Å². The number of halogens is 1. The van der Waals surface area contributed by atoms with E-state index in [1.165, 1.54) is 75.3 Å². The Labute approximate surface area is 290 Å². The number of unbranched alkanes of at least 4 members (excludes halogenated alkanes) is 11. The molecule has 4 rings (SSSR count). The number of carbonyl (C=O) groups is 1. The molecule has 0 aromatic heterocycles. The van der Waals surface area contributed by atoms with Crippen molar-refractivity contribution < 1.29 is 24.1 Å². The molecule has 1 N–H and O–H groups in total. The van der Waals surface area contributed by atoms with E-state index in [4.69, 9.17) is 14.2 Å². The molecule has 2 aromatic carbocycles. The molecule has 7 heteroatoms. The van der Waals surface area contributed by atoms with E-state index in [1.807, 2.05) is 12.1 Å². The monoisotopic (exact) mass is 669 g/mol. The van der Waals surface area contributed by atoms with Crippen LogP contribution < -0.4 is 9.47 Å². The van der Waals surface area contributed by atoms with Crippen LogP contribution in [-0.2, 0) is 22.5 Å². The average molecular weight is 670 g/mol. The van der Waals surface area contributed by atoms with Gasteiger partial charge in [-0.05, 0) is 85.5 Å². The van der Waals surface area contributed by atoms with E-state index in [1.54, 1.807) is 14.2 Å². The summed E-state index contributed by atoms with van der Waals surface area (Å²) in [6.45, 7) is 5.85. The van der Waals surface area contributed by atoms with E-state index in [0.29, 0.717) is 24.0 Å². The van der Waals surface area contributed by atoms with Gasteiger partial charge in [-0.1, -0.05) is 113 Å². The normalized spacial score (nSPS) is 15.7. The van der Waals surface area contributed by atoms with Crippen LogP contribution in [0, 0.1) is 5.92 Å². The fourth-order valence-corrected chi connectivity index (χ4v) is 7.30. The van der Waals surface area contributed by atoms with Gasteiger partial charge in [0.2, 0.25) is 0 Å². The van der Waals surface area contributed by atoms with E-state index >= 15 is 0 Å². The topological polar surface area (TPSA) is 68.2 Å². The van der Waals surface area contributed by atoms with Crippen molar-refractivity contribution in [2.45, 2.75) is 122 Å². The molecule has 0 radical (unpaired) electrons. The largest absolute Gasteiger partial charge is 0.493 e. The summed E-state index contributed by atoms with van der Waals surface area (Å²) in [7, 11) is 3.28. The fourth-order valence-electron chi connectivity index (χ4n) is 7.30. The van der Waals surface area contributed by atoms with Crippen molar-refractivity contribution in [2.75, 3.05) is 33.9 Å². The number of allylic oxidation sites excluding steroid dienone is 1. The quantitative estimate of drug-likeness (QED) is 0.126. The summed E-state index contributed by atoms with van der Waals surface area (Å²) < 4.78 is 17.5. The lowest BCUT2D eigenvalue weighted by atomic mass is 9.87. The van der Waals surface area contributed by atoms with Gasteiger partial charge in [0.1, 0.15) is 0 Å². The Morgan fingerprint density at radius 3 is 2.00 bits per heavy atom. The second-order valence-corrected chi connectivity index (χ2v) is 13.4. The number of hydrogen-bond acceptors (Lipinski definition) is 5. The van der Waals surface area contributed by atoms with Gasteiger partial charge in [0.15, 0.2) is 17.6 Å². The molecular weight excluding hydrogens is 610 g/mol. The third-order valence-electron chi connectivity index (χ3n) is 9.94.